The summed E-state index contributed by atoms with van der Waals surface area (Å²) in [6, 6.07) is 8.72. The normalized spacial score (nSPS) is 10.8. The Balaban J connectivity index is 2.09. The molecule has 0 bridgehead atoms. The Bertz CT molecular complexity index is 311. The minimum absolute atomic E-state index is 0.723. The van der Waals surface area contributed by atoms with Gasteiger partial charge in [0.1, 0.15) is 0 Å². The van der Waals surface area contributed by atoms with Gasteiger partial charge < -0.3 is 9.47 Å². The number of hydrogen-bond donors (Lipinski definition) is 0. The van der Waals surface area contributed by atoms with E-state index in [2.05, 4.69) is 24.3 Å². The van der Waals surface area contributed by atoms with Gasteiger partial charge in [0.05, 0.1) is 6.61 Å². The van der Waals surface area contributed by atoms with E-state index in [1.807, 2.05) is 18.7 Å². The summed E-state index contributed by atoms with van der Waals surface area (Å²) in [7, 11) is 1.77. The van der Waals surface area contributed by atoms with Crippen LogP contribution in [0.4, 0.5) is 0 Å². The van der Waals surface area contributed by atoms with Crippen LogP contribution in [0.3, 0.4) is 0 Å². The lowest BCUT2D eigenvalue weighted by Gasteiger charge is -2.05. The van der Waals surface area contributed by atoms with E-state index in [1.165, 1.54) is 41.9 Å². The molecule has 3 heteroatoms. The summed E-state index contributed by atoms with van der Waals surface area (Å²) in [5, 5.41) is 0. The van der Waals surface area contributed by atoms with Crippen LogP contribution in [0.25, 0.3) is 0 Å². The summed E-state index contributed by atoms with van der Waals surface area (Å²) in [5.74, 6) is 1.21. The molecule has 0 aliphatic carbocycles. The number of methoxy groups -OCH3 is 1. The van der Waals surface area contributed by atoms with Gasteiger partial charge in [-0.15, -0.1) is 11.8 Å². The molecule has 0 radical (unpaired) electrons. The molecule has 0 aliphatic heterocycles. The third-order valence-electron chi connectivity index (χ3n) is 2.91. The number of thioether (sulfide) groups is 1. The fraction of sp³-hybridized carbons (Fsp3) is 0.625. The summed E-state index contributed by atoms with van der Waals surface area (Å²) in [5.41, 5.74) is 1.26. The molecule has 0 saturated carbocycles. The molecular weight excluding hydrogens is 256 g/mol. The molecule has 0 unspecified atom stereocenters. The molecule has 1 aromatic rings. The van der Waals surface area contributed by atoms with E-state index in [-0.39, 0.29) is 0 Å². The van der Waals surface area contributed by atoms with Gasteiger partial charge in [-0.3, -0.25) is 0 Å². The van der Waals surface area contributed by atoms with Gasteiger partial charge in [0.25, 0.3) is 0 Å². The maximum absolute atomic E-state index is 5.39. The molecule has 0 fully saturated rings. The molecule has 2 nitrogen and oxygen atoms in total. The van der Waals surface area contributed by atoms with Gasteiger partial charge in [-0.25, -0.2) is 0 Å². The number of benzene rings is 1. The average Bonchev–Trinajstić information content (AvgIpc) is 2.45. The van der Waals surface area contributed by atoms with Crippen LogP contribution in [0.2, 0.25) is 0 Å². The monoisotopic (exact) mass is 282 g/mol. The van der Waals surface area contributed by atoms with Gasteiger partial charge in [0, 0.05) is 25.2 Å². The fourth-order valence-corrected chi connectivity index (χ4v) is 2.71. The van der Waals surface area contributed by atoms with Gasteiger partial charge in [-0.05, 0) is 43.2 Å². The van der Waals surface area contributed by atoms with Gasteiger partial charge in [0.15, 0.2) is 0 Å². The molecule has 1 rings (SSSR count). The van der Waals surface area contributed by atoms with Crippen molar-refractivity contribution in [1.82, 2.24) is 0 Å². The maximum atomic E-state index is 5.39. The van der Waals surface area contributed by atoms with E-state index in [0.29, 0.717) is 0 Å². The third-order valence-corrected chi connectivity index (χ3v) is 4.01. The highest BCUT2D eigenvalue weighted by atomic mass is 32.2. The standard InChI is InChI=1S/C16H26O2S/c1-3-18-14-15-8-10-16(11-9-15)19-13-7-5-4-6-12-17-2/h8-11H,3-7,12-14H2,1-2H3. The zero-order chi connectivity index (χ0) is 13.8. The molecule has 0 heterocycles. The zero-order valence-corrected chi connectivity index (χ0v) is 13.0. The Hall–Kier alpha value is -0.510. The maximum Gasteiger partial charge on any atom is 0.0716 e. The van der Waals surface area contributed by atoms with Crippen molar-refractivity contribution >= 4 is 11.8 Å². The molecule has 19 heavy (non-hydrogen) atoms. The Morgan fingerprint density at radius 1 is 1.00 bits per heavy atom. The zero-order valence-electron chi connectivity index (χ0n) is 12.2. The lowest BCUT2D eigenvalue weighted by Crippen LogP contribution is -1.91. The van der Waals surface area contributed by atoms with Crippen molar-refractivity contribution in [2.24, 2.45) is 0 Å². The SMILES string of the molecule is CCOCc1ccc(SCCCCCCOC)cc1. The largest absolute Gasteiger partial charge is 0.385 e. The Labute approximate surface area is 121 Å². The molecule has 0 N–H and O–H groups in total. The summed E-state index contributed by atoms with van der Waals surface area (Å²) in [6.45, 7) is 4.42. The van der Waals surface area contributed by atoms with Crippen LogP contribution in [-0.4, -0.2) is 26.1 Å². The van der Waals surface area contributed by atoms with E-state index >= 15 is 0 Å². The summed E-state index contributed by atoms with van der Waals surface area (Å²) >= 11 is 1.94. The second-order valence-corrected chi connectivity index (χ2v) is 5.70. The van der Waals surface area contributed by atoms with E-state index in [0.717, 1.165) is 19.8 Å². The van der Waals surface area contributed by atoms with Crippen molar-refractivity contribution in [2.45, 2.75) is 44.1 Å². The minimum Gasteiger partial charge on any atom is -0.385 e. The molecule has 0 amide bonds. The second-order valence-electron chi connectivity index (χ2n) is 4.54. The predicted molar refractivity (Wildman–Crippen MR) is 82.8 cm³/mol. The first-order chi connectivity index (χ1) is 9.36. The van der Waals surface area contributed by atoms with Crippen molar-refractivity contribution < 1.29 is 9.47 Å². The fourth-order valence-electron chi connectivity index (χ4n) is 1.79. The number of hydrogen-bond acceptors (Lipinski definition) is 3. The lowest BCUT2D eigenvalue weighted by molar-refractivity contribution is 0.134. The smallest absolute Gasteiger partial charge is 0.0716 e. The first-order valence-corrected chi connectivity index (χ1v) is 8.13. The van der Waals surface area contributed by atoms with Crippen molar-refractivity contribution in [3.8, 4) is 0 Å². The van der Waals surface area contributed by atoms with Crippen LogP contribution in [0.15, 0.2) is 29.2 Å². The molecule has 0 saturated heterocycles. The van der Waals surface area contributed by atoms with E-state index in [9.17, 15) is 0 Å². The number of unbranched alkanes of at least 4 members (excludes halogenated alkanes) is 3. The van der Waals surface area contributed by atoms with E-state index < -0.39 is 0 Å². The summed E-state index contributed by atoms with van der Waals surface area (Å²) in [6.07, 6.45) is 5.06. The summed E-state index contributed by atoms with van der Waals surface area (Å²) in [4.78, 5) is 1.36. The molecule has 108 valence electrons. The molecule has 0 aliphatic rings. The van der Waals surface area contributed by atoms with Crippen LogP contribution in [0.5, 0.6) is 0 Å². The second kappa shape index (κ2) is 11.3. The lowest BCUT2D eigenvalue weighted by atomic mass is 10.2. The van der Waals surface area contributed by atoms with Gasteiger partial charge in [0.2, 0.25) is 0 Å². The van der Waals surface area contributed by atoms with Gasteiger partial charge >= 0.3 is 0 Å². The van der Waals surface area contributed by atoms with Gasteiger partial charge in [-0.1, -0.05) is 25.0 Å². The number of ether oxygens (including phenoxy) is 2. The van der Waals surface area contributed by atoms with Crippen LogP contribution in [-0.2, 0) is 16.1 Å². The van der Waals surface area contributed by atoms with Crippen LogP contribution in [0, 0.1) is 0 Å². The average molecular weight is 282 g/mol. The molecule has 0 spiro atoms. The Morgan fingerprint density at radius 2 is 1.74 bits per heavy atom. The highest BCUT2D eigenvalue weighted by Gasteiger charge is 1.96. The molecule has 1 aromatic carbocycles. The van der Waals surface area contributed by atoms with Crippen LogP contribution in [0.1, 0.15) is 38.2 Å². The number of rotatable bonds is 11. The Kier molecular flexibility index (Phi) is 9.86. The van der Waals surface area contributed by atoms with Crippen molar-refractivity contribution in [1.29, 1.82) is 0 Å². The van der Waals surface area contributed by atoms with Crippen molar-refractivity contribution in [3.63, 3.8) is 0 Å². The highest BCUT2D eigenvalue weighted by molar-refractivity contribution is 7.99. The third kappa shape index (κ3) is 8.30. The van der Waals surface area contributed by atoms with E-state index in [4.69, 9.17) is 9.47 Å². The van der Waals surface area contributed by atoms with Crippen molar-refractivity contribution in [3.05, 3.63) is 29.8 Å². The van der Waals surface area contributed by atoms with E-state index in [1.54, 1.807) is 7.11 Å². The van der Waals surface area contributed by atoms with Crippen LogP contribution >= 0.6 is 11.8 Å². The quantitative estimate of drug-likeness (QED) is 0.439. The highest BCUT2D eigenvalue weighted by Crippen LogP contribution is 2.20. The molecule has 0 aromatic heterocycles. The topological polar surface area (TPSA) is 18.5 Å². The van der Waals surface area contributed by atoms with Crippen molar-refractivity contribution in [2.75, 3.05) is 26.1 Å². The van der Waals surface area contributed by atoms with Gasteiger partial charge in [-0.2, -0.15) is 0 Å². The molecule has 0 atom stereocenters. The summed E-state index contributed by atoms with van der Waals surface area (Å²) < 4.78 is 10.4. The predicted octanol–water partition coefficient (Wildman–Crippen LogP) is 4.52. The first-order valence-electron chi connectivity index (χ1n) is 7.15. The minimum atomic E-state index is 0.723. The molecular formula is C16H26O2S. The Morgan fingerprint density at radius 3 is 2.42 bits per heavy atom. The van der Waals surface area contributed by atoms with Crippen LogP contribution < -0.4 is 0 Å². The first kappa shape index (κ1) is 16.5.